The molecule has 0 spiro atoms. The third-order valence-corrected chi connectivity index (χ3v) is 5.50. The summed E-state index contributed by atoms with van der Waals surface area (Å²) in [7, 11) is 0. The molecule has 2 aromatic carbocycles. The molecule has 0 aromatic heterocycles. The highest BCUT2D eigenvalue weighted by Crippen LogP contribution is 2.22. The van der Waals surface area contributed by atoms with E-state index in [2.05, 4.69) is 32.2 Å². The Hall–Kier alpha value is -3.15. The maximum atomic E-state index is 12.7. The number of benzene rings is 2. The van der Waals surface area contributed by atoms with Crippen molar-refractivity contribution in [3.8, 4) is 0 Å². The Balaban J connectivity index is 1.48. The molecule has 2 aromatic rings. The van der Waals surface area contributed by atoms with Gasteiger partial charge in [0.2, 0.25) is 0 Å². The van der Waals surface area contributed by atoms with Crippen molar-refractivity contribution in [2.24, 2.45) is 0 Å². The van der Waals surface area contributed by atoms with Gasteiger partial charge >= 0.3 is 5.97 Å². The number of amides is 2. The van der Waals surface area contributed by atoms with E-state index in [1.807, 2.05) is 30.3 Å². The summed E-state index contributed by atoms with van der Waals surface area (Å²) in [6.45, 7) is 8.68. The average Bonchev–Trinajstić information content (AvgIpc) is 2.76. The van der Waals surface area contributed by atoms with Crippen molar-refractivity contribution in [1.29, 1.82) is 0 Å². The van der Waals surface area contributed by atoms with Crippen molar-refractivity contribution in [2.75, 3.05) is 13.1 Å². The van der Waals surface area contributed by atoms with E-state index in [9.17, 15) is 14.4 Å². The second kappa shape index (κ2) is 9.33. The Bertz CT molecular complexity index is 960. The van der Waals surface area contributed by atoms with E-state index >= 15 is 0 Å². The summed E-state index contributed by atoms with van der Waals surface area (Å²) in [6, 6.07) is 15.3. The largest absolute Gasteiger partial charge is 0.451 e. The van der Waals surface area contributed by atoms with Gasteiger partial charge in [0.25, 0.3) is 11.8 Å². The van der Waals surface area contributed by atoms with Crippen LogP contribution < -0.4 is 5.32 Å². The molecule has 1 aliphatic heterocycles. The second-order valence-corrected chi connectivity index (χ2v) is 8.92. The Kier molecular flexibility index (Phi) is 6.78. The van der Waals surface area contributed by atoms with Crippen LogP contribution in [0.25, 0.3) is 0 Å². The van der Waals surface area contributed by atoms with Crippen LogP contribution in [-0.2, 0) is 32.7 Å². The van der Waals surface area contributed by atoms with Crippen LogP contribution in [0.3, 0.4) is 0 Å². The predicted octanol–water partition coefficient (Wildman–Crippen LogP) is 3.23. The number of nitrogens with zero attached hydrogens (tertiary/aromatic N) is 1. The summed E-state index contributed by atoms with van der Waals surface area (Å²) in [4.78, 5) is 38.8. The topological polar surface area (TPSA) is 75.7 Å². The first kappa shape index (κ1) is 22.5. The lowest BCUT2D eigenvalue weighted by Gasteiger charge is -2.30. The highest BCUT2D eigenvalue weighted by Gasteiger charge is 2.27. The molecule has 31 heavy (non-hydrogen) atoms. The van der Waals surface area contributed by atoms with Crippen molar-refractivity contribution in [3.05, 3.63) is 70.8 Å². The Morgan fingerprint density at radius 1 is 1.03 bits per heavy atom. The summed E-state index contributed by atoms with van der Waals surface area (Å²) in [5.74, 6) is -1.23. The monoisotopic (exact) mass is 422 g/mol. The van der Waals surface area contributed by atoms with Gasteiger partial charge in [0.1, 0.15) is 6.54 Å². The second-order valence-electron chi connectivity index (χ2n) is 8.92. The van der Waals surface area contributed by atoms with Crippen LogP contribution in [0, 0.1) is 0 Å². The van der Waals surface area contributed by atoms with Gasteiger partial charge in [-0.15, -0.1) is 0 Å². The summed E-state index contributed by atoms with van der Waals surface area (Å²) < 4.78 is 5.26. The van der Waals surface area contributed by atoms with Gasteiger partial charge in [0, 0.05) is 18.7 Å². The lowest BCUT2D eigenvalue weighted by molar-refractivity contribution is -0.158. The zero-order valence-electron chi connectivity index (χ0n) is 18.6. The first-order valence-electron chi connectivity index (χ1n) is 10.6. The number of hydrogen-bond acceptors (Lipinski definition) is 4. The van der Waals surface area contributed by atoms with Crippen molar-refractivity contribution >= 4 is 17.8 Å². The van der Waals surface area contributed by atoms with E-state index in [1.165, 1.54) is 5.56 Å². The molecule has 164 valence electrons. The highest BCUT2D eigenvalue weighted by molar-refractivity contribution is 5.96. The Morgan fingerprint density at radius 3 is 2.32 bits per heavy atom. The van der Waals surface area contributed by atoms with E-state index in [0.717, 1.165) is 17.5 Å². The quantitative estimate of drug-likeness (QED) is 0.751. The number of esters is 1. The van der Waals surface area contributed by atoms with Crippen molar-refractivity contribution in [1.82, 2.24) is 10.2 Å². The molecule has 6 nitrogen and oxygen atoms in total. The number of ether oxygens (including phenoxy) is 1. The highest BCUT2D eigenvalue weighted by atomic mass is 16.5. The first-order valence-corrected chi connectivity index (χ1v) is 10.6. The number of hydrogen-bond donors (Lipinski definition) is 1. The zero-order valence-corrected chi connectivity index (χ0v) is 18.6. The third-order valence-electron chi connectivity index (χ3n) is 5.50. The molecule has 0 fully saturated rings. The maximum Gasteiger partial charge on any atom is 0.326 e. The molecular formula is C25H30N2O4. The molecule has 6 heteroatoms. The molecule has 2 amide bonds. The van der Waals surface area contributed by atoms with Gasteiger partial charge in [-0.3, -0.25) is 14.4 Å². The van der Waals surface area contributed by atoms with Crippen LogP contribution >= 0.6 is 0 Å². The number of rotatable bonds is 5. The molecule has 0 saturated heterocycles. The third kappa shape index (κ3) is 5.72. The lowest BCUT2D eigenvalue weighted by Crippen LogP contribution is -2.43. The molecular weight excluding hydrogens is 392 g/mol. The fourth-order valence-corrected chi connectivity index (χ4v) is 3.61. The van der Waals surface area contributed by atoms with Crippen LogP contribution in [0.5, 0.6) is 0 Å². The molecule has 3 rings (SSSR count). The van der Waals surface area contributed by atoms with Crippen LogP contribution in [-0.4, -0.2) is 41.9 Å². The minimum atomic E-state index is -0.902. The molecule has 1 N–H and O–H groups in total. The molecule has 0 bridgehead atoms. The number of carbonyl (C=O) groups excluding carboxylic acids is 3. The van der Waals surface area contributed by atoms with Gasteiger partial charge in [-0.05, 0) is 47.6 Å². The molecule has 0 aliphatic carbocycles. The minimum absolute atomic E-state index is 0.00206. The van der Waals surface area contributed by atoms with Crippen LogP contribution in [0.15, 0.2) is 48.5 Å². The van der Waals surface area contributed by atoms with Gasteiger partial charge in [-0.25, -0.2) is 0 Å². The smallest absolute Gasteiger partial charge is 0.326 e. The first-order chi connectivity index (χ1) is 14.6. The van der Waals surface area contributed by atoms with Gasteiger partial charge < -0.3 is 15.0 Å². The van der Waals surface area contributed by atoms with E-state index in [1.54, 1.807) is 24.0 Å². The standard InChI is InChI=1S/C25H30N2O4/c1-17(24(30)27-14-13-18-7-5-6-8-20(18)16-27)31-22(28)15-26-23(29)19-9-11-21(12-10-19)25(2,3)4/h5-12,17H,13-16H2,1-4H3,(H,26,29)/t17-/m1/s1. The SMILES string of the molecule is C[C@@H](OC(=O)CNC(=O)c1ccc(C(C)(C)C)cc1)C(=O)N1CCc2ccccc2C1. The summed E-state index contributed by atoms with van der Waals surface area (Å²) in [6.07, 6.45) is -0.118. The fourth-order valence-electron chi connectivity index (χ4n) is 3.61. The summed E-state index contributed by atoms with van der Waals surface area (Å²) in [5.41, 5.74) is 3.95. The molecule has 0 radical (unpaired) electrons. The van der Waals surface area contributed by atoms with Crippen LogP contribution in [0.1, 0.15) is 54.7 Å². The van der Waals surface area contributed by atoms with Gasteiger partial charge in [0.15, 0.2) is 6.10 Å². The Labute approximate surface area is 183 Å². The Morgan fingerprint density at radius 2 is 1.68 bits per heavy atom. The molecule has 1 aliphatic rings. The predicted molar refractivity (Wildman–Crippen MR) is 119 cm³/mol. The molecule has 0 unspecified atom stereocenters. The number of carbonyl (C=O) groups is 3. The average molecular weight is 423 g/mol. The molecule has 0 saturated carbocycles. The van der Waals surface area contributed by atoms with Crippen molar-refractivity contribution in [2.45, 2.75) is 52.2 Å². The number of fused-ring (bicyclic) bond motifs is 1. The normalized spacial score (nSPS) is 14.4. The molecule has 1 atom stereocenters. The van der Waals surface area contributed by atoms with Gasteiger partial charge in [-0.1, -0.05) is 57.2 Å². The van der Waals surface area contributed by atoms with E-state index < -0.39 is 12.1 Å². The molecule has 1 heterocycles. The van der Waals surface area contributed by atoms with E-state index in [0.29, 0.717) is 18.7 Å². The number of nitrogens with one attached hydrogen (secondary N) is 1. The van der Waals surface area contributed by atoms with Gasteiger partial charge in [0.05, 0.1) is 0 Å². The van der Waals surface area contributed by atoms with Crippen molar-refractivity contribution in [3.63, 3.8) is 0 Å². The lowest BCUT2D eigenvalue weighted by atomic mass is 9.87. The van der Waals surface area contributed by atoms with E-state index in [-0.39, 0.29) is 23.8 Å². The van der Waals surface area contributed by atoms with Crippen LogP contribution in [0.4, 0.5) is 0 Å². The van der Waals surface area contributed by atoms with Gasteiger partial charge in [-0.2, -0.15) is 0 Å². The summed E-state index contributed by atoms with van der Waals surface area (Å²) >= 11 is 0. The minimum Gasteiger partial charge on any atom is -0.451 e. The fraction of sp³-hybridized carbons (Fsp3) is 0.400. The zero-order chi connectivity index (χ0) is 22.6. The summed E-state index contributed by atoms with van der Waals surface area (Å²) in [5, 5.41) is 2.56. The van der Waals surface area contributed by atoms with Crippen molar-refractivity contribution < 1.29 is 19.1 Å². The maximum absolute atomic E-state index is 12.7. The van der Waals surface area contributed by atoms with Crippen LogP contribution in [0.2, 0.25) is 0 Å². The van der Waals surface area contributed by atoms with E-state index in [4.69, 9.17) is 4.74 Å².